The van der Waals surface area contributed by atoms with E-state index in [1.165, 1.54) is 29.6 Å². The molecule has 4 aliphatic carbocycles. The molecular weight excluding hydrogens is 312 g/mol. The van der Waals surface area contributed by atoms with Crippen LogP contribution >= 0.6 is 0 Å². The van der Waals surface area contributed by atoms with Gasteiger partial charge in [-0.2, -0.15) is 4.80 Å². The van der Waals surface area contributed by atoms with E-state index >= 15 is 0 Å². The van der Waals surface area contributed by atoms with Crippen molar-refractivity contribution in [3.63, 3.8) is 0 Å². The van der Waals surface area contributed by atoms with Crippen LogP contribution < -0.4 is 0 Å². The highest BCUT2D eigenvalue weighted by atomic mass is 16.1. The second-order valence-corrected chi connectivity index (χ2v) is 8.63. The zero-order chi connectivity index (χ0) is 17.0. The number of ketones is 1. The molecule has 4 saturated carbocycles. The van der Waals surface area contributed by atoms with Crippen molar-refractivity contribution in [1.29, 1.82) is 0 Å². The predicted molar refractivity (Wildman–Crippen MR) is 93.6 cm³/mol. The zero-order valence-corrected chi connectivity index (χ0v) is 14.7. The van der Waals surface area contributed by atoms with Crippen LogP contribution in [0.4, 0.5) is 0 Å². The molecule has 2 aromatic rings. The fraction of sp³-hybridized carbons (Fsp3) is 0.600. The van der Waals surface area contributed by atoms with Gasteiger partial charge in [-0.05, 0) is 68.4 Å². The van der Waals surface area contributed by atoms with Crippen LogP contribution in [0.25, 0.3) is 11.4 Å². The number of Topliss-reactive ketones (excluding diaryl/α,β-unsaturated/α-hetero) is 1. The van der Waals surface area contributed by atoms with Gasteiger partial charge in [-0.1, -0.05) is 29.8 Å². The molecule has 0 unspecified atom stereocenters. The van der Waals surface area contributed by atoms with Crippen LogP contribution in [0, 0.1) is 30.1 Å². The second-order valence-electron chi connectivity index (χ2n) is 8.63. The number of benzene rings is 1. The first kappa shape index (κ1) is 15.2. The summed E-state index contributed by atoms with van der Waals surface area (Å²) in [5.74, 6) is 3.27. The molecule has 5 heteroatoms. The first-order chi connectivity index (χ1) is 12.1. The minimum atomic E-state index is -0.0909. The van der Waals surface area contributed by atoms with Crippen molar-refractivity contribution in [1.82, 2.24) is 20.2 Å². The molecule has 1 aromatic heterocycles. The molecule has 130 valence electrons. The Labute approximate surface area is 147 Å². The third kappa shape index (κ3) is 2.60. The molecule has 0 atom stereocenters. The molecule has 0 N–H and O–H groups in total. The highest BCUT2D eigenvalue weighted by Gasteiger charge is 2.54. The normalized spacial score (nSPS) is 32.9. The summed E-state index contributed by atoms with van der Waals surface area (Å²) in [6.45, 7) is 2.32. The van der Waals surface area contributed by atoms with Crippen LogP contribution in [0.2, 0.25) is 0 Å². The molecule has 5 nitrogen and oxygen atoms in total. The molecule has 0 aliphatic heterocycles. The fourth-order valence-electron chi connectivity index (χ4n) is 5.88. The van der Waals surface area contributed by atoms with Gasteiger partial charge in [-0.3, -0.25) is 4.79 Å². The summed E-state index contributed by atoms with van der Waals surface area (Å²) in [5, 5.41) is 12.7. The number of hydrogen-bond donors (Lipinski definition) is 0. The number of tetrazole rings is 1. The number of aryl methyl sites for hydroxylation is 1. The van der Waals surface area contributed by atoms with Crippen LogP contribution in [-0.4, -0.2) is 26.0 Å². The molecule has 1 heterocycles. The quantitative estimate of drug-likeness (QED) is 0.858. The molecule has 0 amide bonds. The summed E-state index contributed by atoms with van der Waals surface area (Å²) < 4.78 is 0. The molecule has 6 rings (SSSR count). The van der Waals surface area contributed by atoms with Crippen molar-refractivity contribution in [3.8, 4) is 11.4 Å². The van der Waals surface area contributed by atoms with Crippen LogP contribution in [0.3, 0.4) is 0 Å². The Kier molecular flexibility index (Phi) is 3.34. The highest BCUT2D eigenvalue weighted by Crippen LogP contribution is 2.60. The standard InChI is InChI=1S/C20H24N4O/c1-13-2-4-17(5-3-13)19-21-23-24(22-19)12-18(25)20-9-14-6-15(10-20)8-16(7-14)11-20/h2-5,14-16H,6-12H2,1H3. The summed E-state index contributed by atoms with van der Waals surface area (Å²) in [6, 6.07) is 8.07. The van der Waals surface area contributed by atoms with Crippen molar-refractivity contribution in [2.45, 2.75) is 52.0 Å². The first-order valence-corrected chi connectivity index (χ1v) is 9.48. The lowest BCUT2D eigenvalue weighted by Gasteiger charge is -2.55. The monoisotopic (exact) mass is 336 g/mol. The SMILES string of the molecule is Cc1ccc(-c2nnn(CC(=O)C34CC5CC(CC(C5)C3)C4)n2)cc1. The van der Waals surface area contributed by atoms with Crippen LogP contribution in [-0.2, 0) is 11.3 Å². The van der Waals surface area contributed by atoms with Gasteiger partial charge in [0.05, 0.1) is 0 Å². The van der Waals surface area contributed by atoms with Crippen LogP contribution in [0.5, 0.6) is 0 Å². The van der Waals surface area contributed by atoms with Crippen molar-refractivity contribution in [2.24, 2.45) is 23.2 Å². The smallest absolute Gasteiger partial charge is 0.204 e. The molecule has 0 spiro atoms. The molecule has 4 bridgehead atoms. The van der Waals surface area contributed by atoms with E-state index in [4.69, 9.17) is 0 Å². The predicted octanol–water partition coefficient (Wildman–Crippen LogP) is 3.43. The third-order valence-electron chi connectivity index (χ3n) is 6.68. The van der Waals surface area contributed by atoms with Gasteiger partial charge in [0.1, 0.15) is 6.54 Å². The van der Waals surface area contributed by atoms with Crippen molar-refractivity contribution in [3.05, 3.63) is 29.8 Å². The Bertz CT molecular complexity index is 772. The van der Waals surface area contributed by atoms with Gasteiger partial charge in [-0.15, -0.1) is 10.2 Å². The number of nitrogens with zero attached hydrogens (tertiary/aromatic N) is 4. The Hall–Kier alpha value is -2.04. The van der Waals surface area contributed by atoms with Crippen LogP contribution in [0.15, 0.2) is 24.3 Å². The Morgan fingerprint density at radius 1 is 1.08 bits per heavy atom. The van der Waals surface area contributed by atoms with E-state index in [1.807, 2.05) is 24.3 Å². The van der Waals surface area contributed by atoms with E-state index in [-0.39, 0.29) is 12.0 Å². The molecule has 4 aliphatic rings. The van der Waals surface area contributed by atoms with E-state index in [0.29, 0.717) is 11.6 Å². The Morgan fingerprint density at radius 3 is 2.28 bits per heavy atom. The molecular formula is C20H24N4O. The highest BCUT2D eigenvalue weighted by molar-refractivity contribution is 5.85. The van der Waals surface area contributed by atoms with Crippen molar-refractivity contribution < 1.29 is 4.79 Å². The molecule has 0 radical (unpaired) electrons. The fourth-order valence-corrected chi connectivity index (χ4v) is 5.88. The molecule has 1 aromatic carbocycles. The maximum Gasteiger partial charge on any atom is 0.204 e. The van der Waals surface area contributed by atoms with Gasteiger partial charge in [0.2, 0.25) is 5.82 Å². The lowest BCUT2D eigenvalue weighted by Crippen LogP contribution is -2.50. The van der Waals surface area contributed by atoms with Crippen LogP contribution in [0.1, 0.15) is 44.1 Å². The lowest BCUT2D eigenvalue weighted by molar-refractivity contribution is -0.145. The van der Waals surface area contributed by atoms with Gasteiger partial charge in [0.25, 0.3) is 0 Å². The minimum absolute atomic E-state index is 0.0909. The molecule has 25 heavy (non-hydrogen) atoms. The summed E-state index contributed by atoms with van der Waals surface area (Å²) in [5.41, 5.74) is 2.05. The van der Waals surface area contributed by atoms with E-state index < -0.39 is 0 Å². The molecule has 4 fully saturated rings. The number of aromatic nitrogens is 4. The number of rotatable bonds is 4. The Balaban J connectivity index is 1.34. The van der Waals surface area contributed by atoms with Gasteiger partial charge in [-0.25, -0.2) is 0 Å². The average molecular weight is 336 g/mol. The first-order valence-electron chi connectivity index (χ1n) is 9.48. The van der Waals surface area contributed by atoms with Crippen molar-refractivity contribution >= 4 is 5.78 Å². The maximum absolute atomic E-state index is 13.1. The van der Waals surface area contributed by atoms with E-state index in [0.717, 1.165) is 42.6 Å². The lowest BCUT2D eigenvalue weighted by atomic mass is 9.48. The van der Waals surface area contributed by atoms with E-state index in [2.05, 4.69) is 22.3 Å². The topological polar surface area (TPSA) is 60.7 Å². The maximum atomic E-state index is 13.1. The summed E-state index contributed by atoms with van der Waals surface area (Å²) in [7, 11) is 0. The summed E-state index contributed by atoms with van der Waals surface area (Å²) in [6.07, 6.45) is 7.34. The zero-order valence-electron chi connectivity index (χ0n) is 14.7. The van der Waals surface area contributed by atoms with Gasteiger partial charge >= 0.3 is 0 Å². The Morgan fingerprint density at radius 2 is 1.68 bits per heavy atom. The van der Waals surface area contributed by atoms with Gasteiger partial charge in [0.15, 0.2) is 5.78 Å². The van der Waals surface area contributed by atoms with E-state index in [1.54, 1.807) is 0 Å². The van der Waals surface area contributed by atoms with E-state index in [9.17, 15) is 4.79 Å². The summed E-state index contributed by atoms with van der Waals surface area (Å²) >= 11 is 0. The second kappa shape index (κ2) is 5.48. The third-order valence-corrected chi connectivity index (χ3v) is 6.68. The summed E-state index contributed by atoms with van der Waals surface area (Å²) in [4.78, 5) is 14.6. The van der Waals surface area contributed by atoms with Gasteiger partial charge in [0, 0.05) is 11.0 Å². The number of carbonyl (C=O) groups excluding carboxylic acids is 1. The van der Waals surface area contributed by atoms with Crippen molar-refractivity contribution in [2.75, 3.05) is 0 Å². The average Bonchev–Trinajstić information content (AvgIpc) is 3.03. The number of carbonyl (C=O) groups is 1. The molecule has 0 saturated heterocycles. The largest absolute Gasteiger partial charge is 0.297 e. The van der Waals surface area contributed by atoms with Gasteiger partial charge < -0.3 is 0 Å². The minimum Gasteiger partial charge on any atom is -0.297 e. The number of hydrogen-bond acceptors (Lipinski definition) is 4.